The van der Waals surface area contributed by atoms with E-state index in [9.17, 15) is 0 Å². The molecule has 0 amide bonds. The summed E-state index contributed by atoms with van der Waals surface area (Å²) in [4.78, 5) is 0. The van der Waals surface area contributed by atoms with Crippen LogP contribution in [0.15, 0.2) is 21.7 Å². The summed E-state index contributed by atoms with van der Waals surface area (Å²) in [5, 5.41) is 11.8. The minimum atomic E-state index is 0.539. The fourth-order valence-electron chi connectivity index (χ4n) is 3.88. The van der Waals surface area contributed by atoms with E-state index >= 15 is 0 Å². The van der Waals surface area contributed by atoms with E-state index in [0.717, 1.165) is 35.6 Å². The molecule has 25 heavy (non-hydrogen) atoms. The average Bonchev–Trinajstić information content (AvgIpc) is 3.04. The normalized spacial score (nSPS) is 24.2. The van der Waals surface area contributed by atoms with Crippen LogP contribution in [-0.4, -0.2) is 21.1 Å². The van der Waals surface area contributed by atoms with Crippen molar-refractivity contribution in [2.24, 2.45) is 16.9 Å². The molecule has 2 aliphatic carbocycles. The molecule has 6 heteroatoms. The molecule has 2 aliphatic rings. The standard InChI is InChI=1S/C19H26N4OS/c1-13-11-16(13)17-9-8-15(24-17)12-20-23-18(21-22-19(23)25)10-7-14-5-3-2-4-6-14/h8-9,12-14,16H,2-7,10-11H2,1H3,(H,22,25)/b20-12-/t13-,16-/m0/s1. The number of hydrogen-bond acceptors (Lipinski definition) is 4. The number of nitrogens with one attached hydrogen (secondary N) is 1. The third-order valence-electron chi connectivity index (χ3n) is 5.64. The molecule has 0 spiro atoms. The number of hydrogen-bond donors (Lipinski definition) is 1. The lowest BCUT2D eigenvalue weighted by Crippen LogP contribution is -2.09. The first kappa shape index (κ1) is 16.8. The first-order valence-electron chi connectivity index (χ1n) is 9.51. The van der Waals surface area contributed by atoms with Gasteiger partial charge in [-0.25, -0.2) is 0 Å². The van der Waals surface area contributed by atoms with Gasteiger partial charge in [0.2, 0.25) is 4.77 Å². The number of aromatic amines is 1. The summed E-state index contributed by atoms with van der Waals surface area (Å²) in [7, 11) is 0. The maximum Gasteiger partial charge on any atom is 0.216 e. The molecule has 0 saturated heterocycles. The van der Waals surface area contributed by atoms with Crippen LogP contribution in [0.3, 0.4) is 0 Å². The van der Waals surface area contributed by atoms with Gasteiger partial charge in [-0.05, 0) is 49.0 Å². The Morgan fingerprint density at radius 2 is 2.16 bits per heavy atom. The number of H-pyrrole nitrogens is 1. The van der Waals surface area contributed by atoms with Gasteiger partial charge in [0, 0.05) is 12.3 Å². The van der Waals surface area contributed by atoms with Crippen molar-refractivity contribution in [3.05, 3.63) is 34.2 Å². The molecule has 2 aromatic rings. The second-order valence-corrected chi connectivity index (χ2v) is 7.99. The van der Waals surface area contributed by atoms with Crippen LogP contribution < -0.4 is 0 Å². The maximum absolute atomic E-state index is 5.88. The minimum Gasteiger partial charge on any atom is -0.460 e. The minimum absolute atomic E-state index is 0.539. The van der Waals surface area contributed by atoms with E-state index in [2.05, 4.69) is 28.3 Å². The number of rotatable bonds is 6. The highest BCUT2D eigenvalue weighted by atomic mass is 32.1. The van der Waals surface area contributed by atoms with E-state index in [1.54, 1.807) is 10.9 Å². The monoisotopic (exact) mass is 358 g/mol. The lowest BCUT2D eigenvalue weighted by atomic mass is 9.86. The molecule has 2 saturated carbocycles. The molecule has 2 atom stereocenters. The molecule has 4 rings (SSSR count). The predicted molar refractivity (Wildman–Crippen MR) is 101 cm³/mol. The van der Waals surface area contributed by atoms with E-state index in [1.165, 1.54) is 44.9 Å². The molecule has 2 heterocycles. The molecule has 0 bridgehead atoms. The summed E-state index contributed by atoms with van der Waals surface area (Å²) in [5.74, 6) is 4.91. The number of nitrogens with zero attached hydrogens (tertiary/aromatic N) is 3. The largest absolute Gasteiger partial charge is 0.460 e. The van der Waals surface area contributed by atoms with Gasteiger partial charge in [-0.15, -0.1) is 0 Å². The zero-order chi connectivity index (χ0) is 17.2. The molecule has 1 N–H and O–H groups in total. The van der Waals surface area contributed by atoms with Gasteiger partial charge in [0.25, 0.3) is 0 Å². The fraction of sp³-hybridized carbons (Fsp3) is 0.632. The van der Waals surface area contributed by atoms with Crippen molar-refractivity contribution in [3.8, 4) is 0 Å². The molecule has 5 nitrogen and oxygen atoms in total. The Hall–Kier alpha value is -1.69. The first-order chi connectivity index (χ1) is 12.2. The molecule has 0 aromatic carbocycles. The second-order valence-electron chi connectivity index (χ2n) is 7.60. The first-order valence-corrected chi connectivity index (χ1v) is 9.92. The van der Waals surface area contributed by atoms with E-state index in [-0.39, 0.29) is 0 Å². The van der Waals surface area contributed by atoms with Gasteiger partial charge >= 0.3 is 0 Å². The highest BCUT2D eigenvalue weighted by molar-refractivity contribution is 7.71. The van der Waals surface area contributed by atoms with Crippen LogP contribution in [0, 0.1) is 16.6 Å². The highest BCUT2D eigenvalue weighted by Gasteiger charge is 2.36. The molecule has 134 valence electrons. The van der Waals surface area contributed by atoms with E-state index < -0.39 is 0 Å². The Balaban J connectivity index is 1.42. The van der Waals surface area contributed by atoms with Crippen LogP contribution in [0.2, 0.25) is 0 Å². The van der Waals surface area contributed by atoms with Gasteiger partial charge in [0.05, 0.1) is 6.21 Å². The lowest BCUT2D eigenvalue weighted by Gasteiger charge is -2.20. The van der Waals surface area contributed by atoms with Crippen molar-refractivity contribution < 1.29 is 4.42 Å². The summed E-state index contributed by atoms with van der Waals surface area (Å²) >= 11 is 5.33. The molecular weight excluding hydrogens is 332 g/mol. The van der Waals surface area contributed by atoms with Crippen LogP contribution >= 0.6 is 12.2 Å². The summed E-state index contributed by atoms with van der Waals surface area (Å²) in [6.45, 7) is 2.25. The Morgan fingerprint density at radius 3 is 2.92 bits per heavy atom. The Morgan fingerprint density at radius 1 is 1.36 bits per heavy atom. The predicted octanol–water partition coefficient (Wildman–Crippen LogP) is 5.05. The second kappa shape index (κ2) is 7.28. The zero-order valence-electron chi connectivity index (χ0n) is 14.8. The Bertz CT molecular complexity index is 796. The third kappa shape index (κ3) is 3.94. The quantitative estimate of drug-likeness (QED) is 0.580. The summed E-state index contributed by atoms with van der Waals surface area (Å²) in [6.07, 6.45) is 11.9. The van der Waals surface area contributed by atoms with Crippen molar-refractivity contribution in [1.29, 1.82) is 0 Å². The van der Waals surface area contributed by atoms with Crippen molar-refractivity contribution in [2.75, 3.05) is 0 Å². The molecular formula is C19H26N4OS. The van der Waals surface area contributed by atoms with E-state index in [4.69, 9.17) is 16.6 Å². The van der Waals surface area contributed by atoms with Gasteiger partial charge in [0.1, 0.15) is 11.5 Å². The molecule has 2 aromatic heterocycles. The van der Waals surface area contributed by atoms with Crippen LogP contribution in [-0.2, 0) is 6.42 Å². The number of furan rings is 1. The highest BCUT2D eigenvalue weighted by Crippen LogP contribution is 2.47. The SMILES string of the molecule is C[C@H]1C[C@@H]1c1ccc(/C=N\n2c(CCC3CCCCC3)n[nH]c2=S)o1. The van der Waals surface area contributed by atoms with Crippen molar-refractivity contribution in [3.63, 3.8) is 0 Å². The molecule has 0 unspecified atom stereocenters. The Kier molecular flexibility index (Phi) is 4.88. The topological polar surface area (TPSA) is 59.1 Å². The van der Waals surface area contributed by atoms with Crippen molar-refractivity contribution in [2.45, 2.75) is 64.2 Å². The summed E-state index contributed by atoms with van der Waals surface area (Å²) < 4.78 is 8.16. The third-order valence-corrected chi connectivity index (χ3v) is 5.91. The summed E-state index contributed by atoms with van der Waals surface area (Å²) in [6, 6.07) is 4.05. The van der Waals surface area contributed by atoms with Gasteiger partial charge < -0.3 is 4.42 Å². The summed E-state index contributed by atoms with van der Waals surface area (Å²) in [5.41, 5.74) is 0. The van der Waals surface area contributed by atoms with Crippen LogP contribution in [0.5, 0.6) is 0 Å². The average molecular weight is 359 g/mol. The Labute approximate surface area is 153 Å². The van der Waals surface area contributed by atoms with Gasteiger partial charge in [0.15, 0.2) is 5.82 Å². The smallest absolute Gasteiger partial charge is 0.216 e. The van der Waals surface area contributed by atoms with Gasteiger partial charge in [-0.2, -0.15) is 14.9 Å². The number of aromatic nitrogens is 3. The van der Waals surface area contributed by atoms with Crippen LogP contribution in [0.4, 0.5) is 0 Å². The van der Waals surface area contributed by atoms with Crippen LogP contribution in [0.25, 0.3) is 0 Å². The van der Waals surface area contributed by atoms with E-state index in [0.29, 0.717) is 10.7 Å². The molecule has 2 fully saturated rings. The van der Waals surface area contributed by atoms with Crippen molar-refractivity contribution >= 4 is 18.4 Å². The lowest BCUT2D eigenvalue weighted by molar-refractivity contribution is 0.336. The van der Waals surface area contributed by atoms with E-state index in [1.807, 2.05) is 6.07 Å². The van der Waals surface area contributed by atoms with Gasteiger partial charge in [-0.3, -0.25) is 5.10 Å². The van der Waals surface area contributed by atoms with Crippen LogP contribution in [0.1, 0.15) is 75.1 Å². The maximum atomic E-state index is 5.88. The molecule has 0 aliphatic heterocycles. The zero-order valence-corrected chi connectivity index (χ0v) is 15.6. The fourth-order valence-corrected chi connectivity index (χ4v) is 4.08. The van der Waals surface area contributed by atoms with Crippen molar-refractivity contribution in [1.82, 2.24) is 14.9 Å². The molecule has 0 radical (unpaired) electrons. The van der Waals surface area contributed by atoms with Gasteiger partial charge in [-0.1, -0.05) is 39.0 Å². The number of aryl methyl sites for hydroxylation is 1.